The fourth-order valence-electron chi connectivity index (χ4n) is 3.61. The molecule has 0 aromatic heterocycles. The van der Waals surface area contributed by atoms with E-state index in [1.807, 2.05) is 31.2 Å². The summed E-state index contributed by atoms with van der Waals surface area (Å²) < 4.78 is 26.5. The van der Waals surface area contributed by atoms with Gasteiger partial charge in [-0.3, -0.25) is 4.31 Å². The molecule has 2 amide bonds. The first kappa shape index (κ1) is 21.2. The summed E-state index contributed by atoms with van der Waals surface area (Å²) in [5, 5.41) is 5.73. The number of urea groups is 1. The van der Waals surface area contributed by atoms with Crippen molar-refractivity contribution < 1.29 is 13.2 Å². The van der Waals surface area contributed by atoms with E-state index in [4.69, 9.17) is 0 Å². The first-order valence-corrected chi connectivity index (χ1v) is 11.8. The second kappa shape index (κ2) is 9.78. The number of hydrogen-bond acceptors (Lipinski definition) is 3. The zero-order valence-corrected chi connectivity index (χ0v) is 17.7. The first-order valence-electron chi connectivity index (χ1n) is 10.2. The molecule has 1 aliphatic heterocycles. The van der Waals surface area contributed by atoms with Gasteiger partial charge in [-0.2, -0.15) is 0 Å². The van der Waals surface area contributed by atoms with Gasteiger partial charge in [-0.1, -0.05) is 37.3 Å². The van der Waals surface area contributed by atoms with Crippen LogP contribution in [0.5, 0.6) is 0 Å². The van der Waals surface area contributed by atoms with Crippen molar-refractivity contribution in [1.82, 2.24) is 5.32 Å². The molecule has 1 heterocycles. The minimum Gasteiger partial charge on any atom is -0.338 e. The van der Waals surface area contributed by atoms with E-state index in [2.05, 4.69) is 22.8 Å². The molecule has 3 rings (SSSR count). The van der Waals surface area contributed by atoms with Gasteiger partial charge >= 0.3 is 6.03 Å². The Morgan fingerprint density at radius 2 is 1.93 bits per heavy atom. The Bertz CT molecular complexity index is 930. The van der Waals surface area contributed by atoms with Crippen LogP contribution >= 0.6 is 0 Å². The van der Waals surface area contributed by atoms with Crippen LogP contribution < -0.4 is 14.9 Å². The summed E-state index contributed by atoms with van der Waals surface area (Å²) in [6.45, 7) is 2.98. The molecule has 0 atom stereocenters. The minimum absolute atomic E-state index is 0.151. The van der Waals surface area contributed by atoms with Crippen molar-refractivity contribution in [2.75, 3.05) is 28.5 Å². The van der Waals surface area contributed by atoms with Gasteiger partial charge < -0.3 is 10.6 Å². The molecule has 0 saturated carbocycles. The van der Waals surface area contributed by atoms with Gasteiger partial charge in [-0.05, 0) is 61.4 Å². The molecule has 0 saturated heterocycles. The lowest BCUT2D eigenvalue weighted by Crippen LogP contribution is -2.37. The van der Waals surface area contributed by atoms with Crippen molar-refractivity contribution in [2.45, 2.75) is 39.0 Å². The van der Waals surface area contributed by atoms with Crippen LogP contribution in [0.25, 0.3) is 0 Å². The van der Waals surface area contributed by atoms with E-state index >= 15 is 0 Å². The van der Waals surface area contributed by atoms with Crippen LogP contribution in [0, 0.1) is 0 Å². The Morgan fingerprint density at radius 1 is 1.14 bits per heavy atom. The third-order valence-corrected chi connectivity index (χ3v) is 6.96. The maximum absolute atomic E-state index is 12.5. The van der Waals surface area contributed by atoms with E-state index in [0.29, 0.717) is 25.2 Å². The molecule has 0 bridgehead atoms. The molecule has 29 heavy (non-hydrogen) atoms. The molecule has 0 fully saturated rings. The molecule has 2 aromatic rings. The van der Waals surface area contributed by atoms with Crippen molar-refractivity contribution in [3.8, 4) is 0 Å². The van der Waals surface area contributed by atoms with E-state index in [-0.39, 0.29) is 11.8 Å². The average molecular weight is 416 g/mol. The van der Waals surface area contributed by atoms with E-state index in [1.165, 1.54) is 9.87 Å². The van der Waals surface area contributed by atoms with Crippen molar-refractivity contribution in [3.05, 3.63) is 59.7 Å². The lowest BCUT2D eigenvalue weighted by molar-refractivity contribution is 0.252. The molecular weight excluding hydrogens is 386 g/mol. The standard InChI is InChI=1S/C22H29N3O3S/c1-2-16-29(27,28)25-15-7-11-19-17-20(12-13-21(19)25)24-22(26)23-14-6-10-18-8-4-3-5-9-18/h3-5,8-9,12-13,17H,2,6-7,10-11,14-16H2,1H3,(H2,23,24,26). The molecule has 1 aliphatic rings. The zero-order valence-electron chi connectivity index (χ0n) is 16.9. The fourth-order valence-corrected chi connectivity index (χ4v) is 5.23. The van der Waals surface area contributed by atoms with Crippen LogP contribution in [-0.4, -0.2) is 33.3 Å². The van der Waals surface area contributed by atoms with Crippen molar-refractivity contribution in [1.29, 1.82) is 0 Å². The third-order valence-electron chi connectivity index (χ3n) is 4.98. The molecule has 0 unspecified atom stereocenters. The number of fused-ring (bicyclic) bond motifs is 1. The Kier molecular flexibility index (Phi) is 7.14. The predicted octanol–water partition coefficient (Wildman–Crippen LogP) is 3.93. The molecule has 156 valence electrons. The molecule has 6 nitrogen and oxygen atoms in total. The summed E-state index contributed by atoms with van der Waals surface area (Å²) in [5.41, 5.74) is 3.63. The number of rotatable bonds is 8. The van der Waals surface area contributed by atoms with Gasteiger partial charge in [0.2, 0.25) is 10.0 Å². The minimum atomic E-state index is -3.29. The van der Waals surface area contributed by atoms with Crippen molar-refractivity contribution >= 4 is 27.4 Å². The smallest absolute Gasteiger partial charge is 0.319 e. The van der Waals surface area contributed by atoms with Crippen LogP contribution in [0.3, 0.4) is 0 Å². The second-order valence-electron chi connectivity index (χ2n) is 7.31. The molecular formula is C22H29N3O3S. The molecule has 0 aliphatic carbocycles. The molecule has 0 radical (unpaired) electrons. The van der Waals surface area contributed by atoms with Crippen LogP contribution in [0.2, 0.25) is 0 Å². The van der Waals surface area contributed by atoms with Gasteiger partial charge in [0.25, 0.3) is 0 Å². The molecule has 7 heteroatoms. The summed E-state index contributed by atoms with van der Waals surface area (Å²) in [4.78, 5) is 12.2. The molecule has 2 aromatic carbocycles. The highest BCUT2D eigenvalue weighted by molar-refractivity contribution is 7.92. The quantitative estimate of drug-likeness (QED) is 0.641. The number of carbonyl (C=O) groups is 1. The highest BCUT2D eigenvalue weighted by Crippen LogP contribution is 2.31. The summed E-state index contributed by atoms with van der Waals surface area (Å²) >= 11 is 0. The number of amides is 2. The van der Waals surface area contributed by atoms with Crippen LogP contribution in [0.1, 0.15) is 37.3 Å². The SMILES string of the molecule is CCCS(=O)(=O)N1CCCc2cc(NC(=O)NCCCc3ccccc3)ccc21. The summed E-state index contributed by atoms with van der Waals surface area (Å²) in [5.74, 6) is 0.151. The topological polar surface area (TPSA) is 78.5 Å². The number of carbonyl (C=O) groups excluding carboxylic acids is 1. The van der Waals surface area contributed by atoms with Crippen molar-refractivity contribution in [3.63, 3.8) is 0 Å². The number of nitrogens with zero attached hydrogens (tertiary/aromatic N) is 1. The molecule has 0 spiro atoms. The van der Waals surface area contributed by atoms with Gasteiger partial charge in [0.15, 0.2) is 0 Å². The number of sulfonamides is 1. The van der Waals surface area contributed by atoms with Crippen LogP contribution in [0.15, 0.2) is 48.5 Å². The first-order chi connectivity index (χ1) is 14.0. The largest absolute Gasteiger partial charge is 0.338 e. The predicted molar refractivity (Wildman–Crippen MR) is 118 cm³/mol. The van der Waals surface area contributed by atoms with E-state index in [0.717, 1.165) is 36.9 Å². The van der Waals surface area contributed by atoms with Gasteiger partial charge in [0, 0.05) is 18.8 Å². The zero-order chi connectivity index (χ0) is 20.7. The number of anilines is 2. The fraction of sp³-hybridized carbons (Fsp3) is 0.409. The Hall–Kier alpha value is -2.54. The average Bonchev–Trinajstić information content (AvgIpc) is 2.71. The van der Waals surface area contributed by atoms with E-state index < -0.39 is 10.0 Å². The normalized spacial score (nSPS) is 13.6. The Balaban J connectivity index is 1.55. The maximum Gasteiger partial charge on any atom is 0.319 e. The second-order valence-corrected chi connectivity index (χ2v) is 9.32. The lowest BCUT2D eigenvalue weighted by Gasteiger charge is -2.30. The van der Waals surface area contributed by atoms with Gasteiger partial charge in [-0.15, -0.1) is 0 Å². The maximum atomic E-state index is 12.5. The summed E-state index contributed by atoms with van der Waals surface area (Å²) in [6, 6.07) is 15.4. The number of nitrogens with one attached hydrogen (secondary N) is 2. The molecule has 2 N–H and O–H groups in total. The van der Waals surface area contributed by atoms with Crippen LogP contribution in [0.4, 0.5) is 16.2 Å². The van der Waals surface area contributed by atoms with Gasteiger partial charge in [0.05, 0.1) is 11.4 Å². The number of benzene rings is 2. The van der Waals surface area contributed by atoms with Gasteiger partial charge in [0.1, 0.15) is 0 Å². The summed E-state index contributed by atoms with van der Waals surface area (Å²) in [6.07, 6.45) is 3.97. The Labute approximate surface area is 173 Å². The highest BCUT2D eigenvalue weighted by atomic mass is 32.2. The monoisotopic (exact) mass is 415 g/mol. The van der Waals surface area contributed by atoms with Gasteiger partial charge in [-0.25, -0.2) is 13.2 Å². The van der Waals surface area contributed by atoms with Crippen molar-refractivity contribution in [2.24, 2.45) is 0 Å². The highest BCUT2D eigenvalue weighted by Gasteiger charge is 2.26. The van der Waals surface area contributed by atoms with E-state index in [9.17, 15) is 13.2 Å². The van der Waals surface area contributed by atoms with Crippen LogP contribution in [-0.2, 0) is 22.9 Å². The van der Waals surface area contributed by atoms with E-state index in [1.54, 1.807) is 12.1 Å². The third kappa shape index (κ3) is 5.73. The number of hydrogen-bond donors (Lipinski definition) is 2. The Morgan fingerprint density at radius 3 is 2.69 bits per heavy atom. The summed E-state index contributed by atoms with van der Waals surface area (Å²) in [7, 11) is -3.29. The lowest BCUT2D eigenvalue weighted by atomic mass is 10.0. The number of aryl methyl sites for hydroxylation is 2.